The van der Waals surface area contributed by atoms with Crippen LogP contribution in [0.3, 0.4) is 0 Å². The van der Waals surface area contributed by atoms with E-state index in [0.717, 1.165) is 11.4 Å². The number of nitrogens with two attached hydrogens (primary N) is 1. The van der Waals surface area contributed by atoms with Crippen molar-refractivity contribution in [2.45, 2.75) is 13.5 Å². The molecular weight excluding hydrogens is 373 g/mol. The maximum Gasteiger partial charge on any atom is 0.221 e. The molecule has 3 aromatic heterocycles. The van der Waals surface area contributed by atoms with E-state index in [4.69, 9.17) is 10.5 Å². The van der Waals surface area contributed by atoms with Crippen molar-refractivity contribution in [1.29, 1.82) is 0 Å². The van der Waals surface area contributed by atoms with Crippen LogP contribution in [0.5, 0.6) is 5.75 Å². The number of rotatable bonds is 5. The first-order valence-corrected chi connectivity index (χ1v) is 8.84. The van der Waals surface area contributed by atoms with Gasteiger partial charge in [0.05, 0.1) is 36.9 Å². The van der Waals surface area contributed by atoms with E-state index in [1.165, 1.54) is 13.2 Å². The Morgan fingerprint density at radius 3 is 2.62 bits per heavy atom. The van der Waals surface area contributed by atoms with Crippen LogP contribution in [-0.4, -0.2) is 37.1 Å². The highest BCUT2D eigenvalue weighted by Gasteiger charge is 2.16. The lowest BCUT2D eigenvalue weighted by atomic mass is 10.1. The summed E-state index contributed by atoms with van der Waals surface area (Å²) in [5.41, 5.74) is 9.58. The van der Waals surface area contributed by atoms with E-state index in [1.54, 1.807) is 29.1 Å². The van der Waals surface area contributed by atoms with Gasteiger partial charge in [-0.3, -0.25) is 4.98 Å². The van der Waals surface area contributed by atoms with Gasteiger partial charge >= 0.3 is 0 Å². The molecule has 4 rings (SSSR count). The fraction of sp³-hybridized carbons (Fsp3) is 0.150. The maximum absolute atomic E-state index is 14.1. The van der Waals surface area contributed by atoms with Gasteiger partial charge in [-0.25, -0.2) is 19.0 Å². The summed E-state index contributed by atoms with van der Waals surface area (Å²) in [5, 5.41) is 8.31. The van der Waals surface area contributed by atoms with Crippen molar-refractivity contribution in [2.75, 3.05) is 12.8 Å². The fourth-order valence-corrected chi connectivity index (χ4v) is 3.00. The molecular formula is C20H18FN7O. The molecule has 0 radical (unpaired) electrons. The zero-order chi connectivity index (χ0) is 20.4. The molecule has 2 N–H and O–H groups in total. The number of hydrogen-bond acceptors (Lipinski definition) is 7. The Morgan fingerprint density at radius 1 is 1.03 bits per heavy atom. The fourth-order valence-electron chi connectivity index (χ4n) is 3.00. The van der Waals surface area contributed by atoms with Crippen LogP contribution in [0.15, 0.2) is 48.7 Å². The summed E-state index contributed by atoms with van der Waals surface area (Å²) in [6.45, 7) is 2.40. The molecule has 0 saturated heterocycles. The van der Waals surface area contributed by atoms with Crippen LogP contribution >= 0.6 is 0 Å². The van der Waals surface area contributed by atoms with Gasteiger partial charge in [-0.1, -0.05) is 17.3 Å². The Balaban J connectivity index is 1.69. The molecule has 0 spiro atoms. The lowest BCUT2D eigenvalue weighted by Gasteiger charge is -2.10. The zero-order valence-electron chi connectivity index (χ0n) is 15.9. The summed E-state index contributed by atoms with van der Waals surface area (Å²) in [6, 6.07) is 12.1. The number of ether oxygens (including phenoxy) is 1. The first-order chi connectivity index (χ1) is 14.0. The number of pyridine rings is 1. The van der Waals surface area contributed by atoms with Gasteiger partial charge in [0.15, 0.2) is 11.6 Å². The van der Waals surface area contributed by atoms with Crippen molar-refractivity contribution in [1.82, 2.24) is 29.9 Å². The lowest BCUT2D eigenvalue weighted by molar-refractivity contribution is 0.388. The molecule has 0 fully saturated rings. The number of hydrogen-bond donors (Lipinski definition) is 1. The minimum atomic E-state index is -0.486. The smallest absolute Gasteiger partial charge is 0.221 e. The second kappa shape index (κ2) is 7.63. The molecule has 0 aliphatic carbocycles. The quantitative estimate of drug-likeness (QED) is 0.558. The Bertz CT molecular complexity index is 1180. The van der Waals surface area contributed by atoms with Crippen molar-refractivity contribution in [3.05, 3.63) is 65.9 Å². The normalized spacial score (nSPS) is 10.9. The van der Waals surface area contributed by atoms with Gasteiger partial charge in [0.2, 0.25) is 5.95 Å². The molecule has 29 heavy (non-hydrogen) atoms. The monoisotopic (exact) mass is 391 g/mol. The van der Waals surface area contributed by atoms with Crippen molar-refractivity contribution < 1.29 is 9.13 Å². The Kier molecular flexibility index (Phi) is 4.86. The van der Waals surface area contributed by atoms with E-state index < -0.39 is 5.82 Å². The van der Waals surface area contributed by atoms with Crippen LogP contribution < -0.4 is 10.5 Å². The van der Waals surface area contributed by atoms with Gasteiger partial charge < -0.3 is 10.5 Å². The van der Waals surface area contributed by atoms with Gasteiger partial charge in [0, 0.05) is 11.3 Å². The van der Waals surface area contributed by atoms with E-state index >= 15 is 0 Å². The number of para-hydroxylation sites is 1. The molecule has 8 nitrogen and oxygen atoms in total. The van der Waals surface area contributed by atoms with Crippen LogP contribution in [-0.2, 0) is 6.54 Å². The third kappa shape index (κ3) is 3.88. The van der Waals surface area contributed by atoms with Crippen LogP contribution in [0.4, 0.5) is 10.3 Å². The summed E-state index contributed by atoms with van der Waals surface area (Å²) >= 11 is 0. The highest BCUT2D eigenvalue weighted by Crippen LogP contribution is 2.32. The topological polar surface area (TPSA) is 105 Å². The molecule has 3 heterocycles. The Hall–Kier alpha value is -3.88. The Morgan fingerprint density at radius 2 is 1.83 bits per heavy atom. The molecule has 4 aromatic rings. The highest BCUT2D eigenvalue weighted by atomic mass is 19.1. The number of nitrogen functional groups attached to an aromatic ring is 1. The zero-order valence-corrected chi connectivity index (χ0v) is 15.9. The number of anilines is 1. The number of aryl methyl sites for hydroxylation is 1. The van der Waals surface area contributed by atoms with Crippen LogP contribution in [0.1, 0.15) is 11.4 Å². The van der Waals surface area contributed by atoms with E-state index in [0.29, 0.717) is 29.2 Å². The van der Waals surface area contributed by atoms with Gasteiger partial charge in [0.25, 0.3) is 0 Å². The number of methoxy groups -OCH3 is 1. The van der Waals surface area contributed by atoms with Crippen molar-refractivity contribution in [2.24, 2.45) is 0 Å². The minimum Gasteiger partial charge on any atom is -0.493 e. The van der Waals surface area contributed by atoms with Gasteiger partial charge in [-0.05, 0) is 37.3 Å². The molecule has 0 saturated carbocycles. The number of halogens is 1. The first-order valence-electron chi connectivity index (χ1n) is 8.84. The van der Waals surface area contributed by atoms with Gasteiger partial charge in [-0.2, -0.15) is 0 Å². The molecule has 1 aromatic carbocycles. The van der Waals surface area contributed by atoms with Gasteiger partial charge in [0.1, 0.15) is 5.69 Å². The Labute approximate surface area is 166 Å². The summed E-state index contributed by atoms with van der Waals surface area (Å²) < 4.78 is 20.9. The summed E-state index contributed by atoms with van der Waals surface area (Å²) in [7, 11) is 1.40. The standard InChI is InChI=1S/C20H18FN7O/c1-12-5-3-6-13(23-12)10-28-11-18(26-27-28)17-9-16(24-20(22)25-17)14-7-4-8-15(21)19(14)29-2/h3-9,11H,10H2,1-2H3,(H2,22,24,25). The molecule has 0 aliphatic heterocycles. The van der Waals surface area contributed by atoms with E-state index in [9.17, 15) is 4.39 Å². The molecule has 9 heteroatoms. The first kappa shape index (κ1) is 18.5. The van der Waals surface area contributed by atoms with Crippen LogP contribution in [0.25, 0.3) is 22.6 Å². The average Bonchev–Trinajstić information content (AvgIpc) is 3.16. The number of nitrogens with zero attached hydrogens (tertiary/aromatic N) is 6. The van der Waals surface area contributed by atoms with Crippen molar-refractivity contribution in [3.8, 4) is 28.4 Å². The van der Waals surface area contributed by atoms with Crippen molar-refractivity contribution in [3.63, 3.8) is 0 Å². The molecule has 0 bridgehead atoms. The third-order valence-corrected chi connectivity index (χ3v) is 4.26. The SMILES string of the molecule is COc1c(F)cccc1-c1cc(-c2cn(Cc3cccc(C)n3)nn2)nc(N)n1. The molecule has 146 valence electrons. The predicted octanol–water partition coefficient (Wildman–Crippen LogP) is 2.88. The second-order valence-corrected chi connectivity index (χ2v) is 6.39. The van der Waals surface area contributed by atoms with Crippen molar-refractivity contribution >= 4 is 5.95 Å². The van der Waals surface area contributed by atoms with Gasteiger partial charge in [-0.15, -0.1) is 5.10 Å². The molecule has 0 amide bonds. The molecule has 0 unspecified atom stereocenters. The highest BCUT2D eigenvalue weighted by molar-refractivity contribution is 5.72. The number of benzene rings is 1. The molecule has 0 aliphatic rings. The summed E-state index contributed by atoms with van der Waals surface area (Å²) in [4.78, 5) is 12.9. The minimum absolute atomic E-state index is 0.0405. The van der Waals surface area contributed by atoms with Crippen LogP contribution in [0, 0.1) is 12.7 Å². The summed E-state index contributed by atoms with van der Waals surface area (Å²) in [5.74, 6) is -0.357. The average molecular weight is 391 g/mol. The summed E-state index contributed by atoms with van der Waals surface area (Å²) in [6.07, 6.45) is 1.75. The van der Waals surface area contributed by atoms with E-state index in [-0.39, 0.29) is 11.7 Å². The predicted molar refractivity (Wildman–Crippen MR) is 105 cm³/mol. The maximum atomic E-state index is 14.1. The lowest BCUT2D eigenvalue weighted by Crippen LogP contribution is -2.03. The van der Waals surface area contributed by atoms with E-state index in [2.05, 4.69) is 25.3 Å². The van der Waals surface area contributed by atoms with E-state index in [1.807, 2.05) is 25.1 Å². The largest absolute Gasteiger partial charge is 0.493 e. The number of aromatic nitrogens is 6. The third-order valence-electron chi connectivity index (χ3n) is 4.26. The molecule has 0 atom stereocenters. The van der Waals surface area contributed by atoms with Crippen LogP contribution in [0.2, 0.25) is 0 Å². The second-order valence-electron chi connectivity index (χ2n) is 6.39.